The third kappa shape index (κ3) is 2.09. The Labute approximate surface area is 66.8 Å². The number of β-amino-alcohol motifs (C(OH)–C–C–N with tert-alkyl or cyclic N) is 1. The third-order valence-corrected chi connectivity index (χ3v) is 1.80. The molecule has 1 saturated heterocycles. The maximum atomic E-state index is 9.33. The fourth-order valence-electron chi connectivity index (χ4n) is 1.01. The monoisotopic (exact) mass is 167 g/mol. The van der Waals surface area contributed by atoms with Crippen molar-refractivity contribution in [2.24, 2.45) is 0 Å². The van der Waals surface area contributed by atoms with Crippen LogP contribution in [0.3, 0.4) is 0 Å². The van der Waals surface area contributed by atoms with Gasteiger partial charge in [0.05, 0.1) is 6.10 Å². The average Bonchev–Trinajstić information content (AvgIpc) is 1.77. The van der Waals surface area contributed by atoms with Crippen LogP contribution >= 0.6 is 12.4 Å². The van der Waals surface area contributed by atoms with Gasteiger partial charge in [-0.15, -0.1) is 12.4 Å². The van der Waals surface area contributed by atoms with Crippen molar-refractivity contribution in [3.63, 3.8) is 0 Å². The van der Waals surface area contributed by atoms with Crippen molar-refractivity contribution >= 4 is 12.4 Å². The molecular weight excluding hydrogens is 154 g/mol. The van der Waals surface area contributed by atoms with Gasteiger partial charge in [0.25, 0.3) is 0 Å². The number of aliphatic hydroxyl groups excluding tert-OH is 1. The summed E-state index contributed by atoms with van der Waals surface area (Å²) in [7, 11) is 0. The van der Waals surface area contributed by atoms with Crippen molar-refractivity contribution < 1.29 is 10.2 Å². The predicted molar refractivity (Wildman–Crippen MR) is 41.4 cm³/mol. The van der Waals surface area contributed by atoms with Crippen LogP contribution in [-0.2, 0) is 0 Å². The Kier molecular flexibility index (Phi) is 3.59. The molecule has 0 unspecified atom stereocenters. The SMILES string of the molecule is C[C@]1(O)CNCC[C@@H]1O.Cl. The van der Waals surface area contributed by atoms with Crippen molar-refractivity contribution in [1.29, 1.82) is 0 Å². The van der Waals surface area contributed by atoms with Crippen molar-refractivity contribution in [1.82, 2.24) is 5.32 Å². The number of halogens is 1. The molecule has 10 heavy (non-hydrogen) atoms. The molecule has 0 aromatic carbocycles. The molecule has 0 aromatic rings. The zero-order valence-electron chi connectivity index (χ0n) is 6.00. The van der Waals surface area contributed by atoms with E-state index >= 15 is 0 Å². The van der Waals surface area contributed by atoms with Gasteiger partial charge in [-0.25, -0.2) is 0 Å². The highest BCUT2D eigenvalue weighted by molar-refractivity contribution is 5.85. The number of nitrogens with one attached hydrogen (secondary N) is 1. The topological polar surface area (TPSA) is 52.5 Å². The summed E-state index contributed by atoms with van der Waals surface area (Å²) in [5.74, 6) is 0. The number of hydrogen-bond acceptors (Lipinski definition) is 3. The maximum Gasteiger partial charge on any atom is 0.100 e. The van der Waals surface area contributed by atoms with Gasteiger partial charge in [-0.1, -0.05) is 0 Å². The van der Waals surface area contributed by atoms with E-state index in [9.17, 15) is 5.11 Å². The normalized spacial score (nSPS) is 40.5. The number of aliphatic hydroxyl groups is 2. The molecule has 1 aliphatic rings. The van der Waals surface area contributed by atoms with Crippen LogP contribution in [0.1, 0.15) is 13.3 Å². The van der Waals surface area contributed by atoms with Gasteiger partial charge in [-0.2, -0.15) is 0 Å². The van der Waals surface area contributed by atoms with Crippen LogP contribution in [0.4, 0.5) is 0 Å². The second-order valence-corrected chi connectivity index (χ2v) is 2.84. The van der Waals surface area contributed by atoms with Gasteiger partial charge < -0.3 is 15.5 Å². The first-order chi connectivity index (χ1) is 4.13. The van der Waals surface area contributed by atoms with Gasteiger partial charge in [0.15, 0.2) is 0 Å². The zero-order chi connectivity index (χ0) is 6.91. The maximum absolute atomic E-state index is 9.33. The lowest BCUT2D eigenvalue weighted by molar-refractivity contribution is -0.0763. The summed E-state index contributed by atoms with van der Waals surface area (Å²) in [6, 6.07) is 0. The molecule has 0 saturated carbocycles. The first kappa shape index (κ1) is 10.2. The largest absolute Gasteiger partial charge is 0.390 e. The molecule has 0 radical (unpaired) electrons. The second kappa shape index (κ2) is 3.53. The van der Waals surface area contributed by atoms with E-state index in [2.05, 4.69) is 5.32 Å². The van der Waals surface area contributed by atoms with Crippen molar-refractivity contribution in [3.05, 3.63) is 0 Å². The Balaban J connectivity index is 0.000000810. The van der Waals surface area contributed by atoms with Gasteiger partial charge in [0.2, 0.25) is 0 Å². The van der Waals surface area contributed by atoms with E-state index in [1.54, 1.807) is 6.92 Å². The molecular formula is C6H14ClNO2. The van der Waals surface area contributed by atoms with Gasteiger partial charge in [-0.3, -0.25) is 0 Å². The van der Waals surface area contributed by atoms with E-state index in [1.807, 2.05) is 0 Å². The minimum Gasteiger partial charge on any atom is -0.390 e. The molecule has 0 spiro atoms. The van der Waals surface area contributed by atoms with Gasteiger partial charge in [0.1, 0.15) is 5.60 Å². The van der Waals surface area contributed by atoms with E-state index in [-0.39, 0.29) is 12.4 Å². The molecule has 4 heteroatoms. The summed E-state index contributed by atoms with van der Waals surface area (Å²) in [5.41, 5.74) is -0.918. The molecule has 0 bridgehead atoms. The number of piperidine rings is 1. The van der Waals surface area contributed by atoms with E-state index in [0.29, 0.717) is 13.0 Å². The highest BCUT2D eigenvalue weighted by Gasteiger charge is 2.32. The van der Waals surface area contributed by atoms with Crippen molar-refractivity contribution in [2.75, 3.05) is 13.1 Å². The smallest absolute Gasteiger partial charge is 0.100 e. The van der Waals surface area contributed by atoms with Crippen LogP contribution in [0.25, 0.3) is 0 Å². The van der Waals surface area contributed by atoms with Gasteiger partial charge in [-0.05, 0) is 19.9 Å². The Morgan fingerprint density at radius 2 is 2.20 bits per heavy atom. The summed E-state index contributed by atoms with van der Waals surface area (Å²) in [6.45, 7) is 2.94. The van der Waals surface area contributed by atoms with E-state index < -0.39 is 11.7 Å². The number of hydrogen-bond donors (Lipinski definition) is 3. The quantitative estimate of drug-likeness (QED) is 0.457. The van der Waals surface area contributed by atoms with Crippen LogP contribution in [-0.4, -0.2) is 35.0 Å². The lowest BCUT2D eigenvalue weighted by atomic mass is 9.93. The molecule has 1 rings (SSSR count). The predicted octanol–water partition coefficient (Wildman–Crippen LogP) is -0.487. The van der Waals surface area contributed by atoms with Crippen LogP contribution < -0.4 is 5.32 Å². The summed E-state index contributed by atoms with van der Waals surface area (Å²) in [6.07, 6.45) is 0.0891. The molecule has 3 N–H and O–H groups in total. The van der Waals surface area contributed by atoms with Crippen molar-refractivity contribution in [3.8, 4) is 0 Å². The van der Waals surface area contributed by atoms with Crippen LogP contribution in [0.15, 0.2) is 0 Å². The third-order valence-electron chi connectivity index (χ3n) is 1.80. The first-order valence-electron chi connectivity index (χ1n) is 3.24. The Morgan fingerprint density at radius 3 is 2.50 bits per heavy atom. The molecule has 0 aliphatic carbocycles. The summed E-state index contributed by atoms with van der Waals surface area (Å²) < 4.78 is 0. The van der Waals surface area contributed by atoms with Gasteiger partial charge in [0, 0.05) is 6.54 Å². The zero-order valence-corrected chi connectivity index (χ0v) is 6.82. The lowest BCUT2D eigenvalue weighted by Crippen LogP contribution is -2.53. The molecule has 1 aliphatic heterocycles. The Bertz CT molecular complexity index is 108. The van der Waals surface area contributed by atoms with E-state index in [4.69, 9.17) is 5.11 Å². The van der Waals surface area contributed by atoms with Crippen molar-refractivity contribution in [2.45, 2.75) is 25.0 Å². The number of rotatable bonds is 0. The van der Waals surface area contributed by atoms with Crippen LogP contribution in [0, 0.1) is 0 Å². The molecule has 0 amide bonds. The minimum atomic E-state index is -0.918. The summed E-state index contributed by atoms with van der Waals surface area (Å²) >= 11 is 0. The average molecular weight is 168 g/mol. The highest BCUT2D eigenvalue weighted by atomic mass is 35.5. The van der Waals surface area contributed by atoms with Gasteiger partial charge >= 0.3 is 0 Å². The molecule has 62 valence electrons. The summed E-state index contributed by atoms with van der Waals surface area (Å²) in [5, 5.41) is 21.5. The molecule has 1 heterocycles. The Morgan fingerprint density at radius 1 is 1.60 bits per heavy atom. The minimum absolute atomic E-state index is 0. The standard InChI is InChI=1S/C6H13NO2.ClH/c1-6(9)4-7-3-2-5(6)8;/h5,7-9H,2-4H2,1H3;1H/t5-,6-;/m0./s1. The molecule has 3 nitrogen and oxygen atoms in total. The Hall–Kier alpha value is 0.170. The fraction of sp³-hybridized carbons (Fsp3) is 1.00. The second-order valence-electron chi connectivity index (χ2n) is 2.84. The first-order valence-corrected chi connectivity index (χ1v) is 3.24. The lowest BCUT2D eigenvalue weighted by Gasteiger charge is -2.33. The fourth-order valence-corrected chi connectivity index (χ4v) is 1.01. The van der Waals surface area contributed by atoms with Crippen LogP contribution in [0.5, 0.6) is 0 Å². The van der Waals surface area contributed by atoms with Crippen LogP contribution in [0.2, 0.25) is 0 Å². The van der Waals surface area contributed by atoms with E-state index in [0.717, 1.165) is 6.54 Å². The molecule has 0 aromatic heterocycles. The molecule has 1 fully saturated rings. The highest BCUT2D eigenvalue weighted by Crippen LogP contribution is 2.14. The summed E-state index contributed by atoms with van der Waals surface area (Å²) in [4.78, 5) is 0. The van der Waals surface area contributed by atoms with E-state index in [1.165, 1.54) is 0 Å². The molecule has 2 atom stereocenters.